The highest BCUT2D eigenvalue weighted by molar-refractivity contribution is 6.13. The van der Waals surface area contributed by atoms with Crippen LogP contribution in [0.3, 0.4) is 0 Å². The second-order valence-electron chi connectivity index (χ2n) is 16.9. The zero-order chi connectivity index (χ0) is 42.3. The van der Waals surface area contributed by atoms with E-state index in [1.54, 1.807) is 0 Å². The third-order valence-corrected chi connectivity index (χ3v) is 12.5. The molecule has 0 aliphatic carbocycles. The van der Waals surface area contributed by atoms with Gasteiger partial charge in [0.05, 0.1) is 51.6 Å². The van der Waals surface area contributed by atoms with E-state index in [0.717, 1.165) is 82.8 Å². The van der Waals surface area contributed by atoms with Gasteiger partial charge in [-0.3, -0.25) is 0 Å². The average Bonchev–Trinajstić information content (AvgIpc) is 3.74. The highest BCUT2D eigenvalue weighted by Crippen LogP contribution is 2.47. The summed E-state index contributed by atoms with van der Waals surface area (Å²) >= 11 is 0. The molecule has 0 amide bonds. The second-order valence-corrected chi connectivity index (χ2v) is 16.9. The molecule has 0 saturated heterocycles. The van der Waals surface area contributed by atoms with Crippen molar-refractivity contribution in [2.24, 2.45) is 0 Å². The Kier molecular flexibility index (Phi) is 8.79. The van der Waals surface area contributed by atoms with Crippen molar-refractivity contribution in [3.63, 3.8) is 0 Å². The molecule has 0 N–H and O–H groups in total. The minimum atomic E-state index is 0.532. The van der Waals surface area contributed by atoms with Crippen LogP contribution in [0.4, 0.5) is 5.69 Å². The van der Waals surface area contributed by atoms with Crippen molar-refractivity contribution in [2.45, 2.75) is 48.5 Å². The monoisotopic (exact) mass is 784 g/mol. The standard InChI is InChI=1S/C57H44N4/c1-33-23-36(4)54(37(5)24-33)41-17-19-47-45-13-9-11-15-49(45)60(52(47)30-41)51-22-21-44(43-28-35(3)27-40(29-43)32-58)57(56(51)59-8)61-50-16-12-10-14-46(50)48-20-18-42(31-53(48)61)55-38(6)25-34(2)26-39(55)7/h9-31H,1-7H3. The average molecular weight is 785 g/mol. The number of hydrogen-bond donors (Lipinski definition) is 0. The lowest BCUT2D eigenvalue weighted by Crippen LogP contribution is -2.03. The van der Waals surface area contributed by atoms with Crippen LogP contribution in [0.1, 0.15) is 44.5 Å². The smallest absolute Gasteiger partial charge is 0.234 e. The topological polar surface area (TPSA) is 38.0 Å². The number of nitrogens with zero attached hydrogens (tertiary/aromatic N) is 4. The van der Waals surface area contributed by atoms with Crippen LogP contribution in [-0.4, -0.2) is 9.13 Å². The number of rotatable bonds is 5. The summed E-state index contributed by atoms with van der Waals surface area (Å²) in [7, 11) is 0. The molecule has 4 nitrogen and oxygen atoms in total. The highest BCUT2D eigenvalue weighted by Gasteiger charge is 2.25. The number of fused-ring (bicyclic) bond motifs is 6. The first-order valence-corrected chi connectivity index (χ1v) is 20.8. The molecule has 0 saturated carbocycles. The largest absolute Gasteiger partial charge is 0.319 e. The first-order chi connectivity index (χ1) is 29.5. The molecule has 0 unspecified atom stereocenters. The van der Waals surface area contributed by atoms with Crippen molar-refractivity contribution in [2.75, 3.05) is 0 Å². The van der Waals surface area contributed by atoms with E-state index >= 15 is 0 Å². The third kappa shape index (κ3) is 5.95. The first kappa shape index (κ1) is 37.6. The van der Waals surface area contributed by atoms with Crippen LogP contribution in [0, 0.1) is 66.4 Å². The Bertz CT molecular complexity index is 3530. The van der Waals surface area contributed by atoms with Crippen molar-refractivity contribution >= 4 is 49.3 Å². The van der Waals surface area contributed by atoms with Crippen molar-refractivity contribution in [1.82, 2.24) is 9.13 Å². The van der Waals surface area contributed by atoms with Gasteiger partial charge in [-0.15, -0.1) is 0 Å². The lowest BCUT2D eigenvalue weighted by molar-refractivity contribution is 1.14. The molecule has 61 heavy (non-hydrogen) atoms. The Hall–Kier alpha value is -7.66. The molecular weight excluding hydrogens is 741 g/mol. The molecule has 292 valence electrons. The third-order valence-electron chi connectivity index (χ3n) is 12.5. The minimum absolute atomic E-state index is 0.532. The first-order valence-electron chi connectivity index (χ1n) is 20.8. The fraction of sp³-hybridized carbons (Fsp3) is 0.123. The van der Waals surface area contributed by atoms with Gasteiger partial charge < -0.3 is 9.13 Å². The van der Waals surface area contributed by atoms with Gasteiger partial charge in [-0.1, -0.05) is 108 Å². The predicted octanol–water partition coefficient (Wildman–Crippen LogP) is 15.5. The molecule has 0 radical (unpaired) electrons. The molecule has 0 bridgehead atoms. The fourth-order valence-electron chi connectivity index (χ4n) is 10.3. The van der Waals surface area contributed by atoms with Gasteiger partial charge in [-0.2, -0.15) is 5.26 Å². The number of nitriles is 1. The molecule has 10 rings (SSSR count). The van der Waals surface area contributed by atoms with Crippen molar-refractivity contribution in [1.29, 1.82) is 5.26 Å². The maximum absolute atomic E-state index is 10.2. The number of aromatic nitrogens is 2. The minimum Gasteiger partial charge on any atom is -0.319 e. The van der Waals surface area contributed by atoms with Crippen LogP contribution in [0.25, 0.3) is 93.2 Å². The van der Waals surface area contributed by atoms with Crippen LogP contribution >= 0.6 is 0 Å². The van der Waals surface area contributed by atoms with E-state index in [9.17, 15) is 11.8 Å². The summed E-state index contributed by atoms with van der Waals surface area (Å²) in [6, 6.07) is 52.3. The summed E-state index contributed by atoms with van der Waals surface area (Å²) in [5, 5.41) is 14.7. The molecule has 0 aliphatic heterocycles. The highest BCUT2D eigenvalue weighted by atomic mass is 15.1. The number of aryl methyl sites for hydroxylation is 7. The van der Waals surface area contributed by atoms with Gasteiger partial charge in [0.2, 0.25) is 5.69 Å². The lowest BCUT2D eigenvalue weighted by atomic mass is 9.93. The predicted molar refractivity (Wildman–Crippen MR) is 256 cm³/mol. The maximum atomic E-state index is 10.2. The van der Waals surface area contributed by atoms with E-state index in [1.165, 1.54) is 44.5 Å². The number of benzene rings is 8. The number of hydrogen-bond acceptors (Lipinski definition) is 1. The molecule has 0 spiro atoms. The Morgan fingerprint density at radius 3 is 1.46 bits per heavy atom. The molecule has 0 fully saturated rings. The Balaban J connectivity index is 1.36. The zero-order valence-corrected chi connectivity index (χ0v) is 35.6. The lowest BCUT2D eigenvalue weighted by Gasteiger charge is -2.21. The summed E-state index contributed by atoms with van der Waals surface area (Å²) in [6.45, 7) is 24.3. The summed E-state index contributed by atoms with van der Waals surface area (Å²) in [4.78, 5) is 4.54. The summed E-state index contributed by atoms with van der Waals surface area (Å²) < 4.78 is 4.61. The van der Waals surface area contributed by atoms with Gasteiger partial charge in [0, 0.05) is 21.5 Å². The van der Waals surface area contributed by atoms with E-state index in [-0.39, 0.29) is 0 Å². The van der Waals surface area contributed by atoms with E-state index in [1.807, 2.05) is 19.1 Å². The Morgan fingerprint density at radius 2 is 0.934 bits per heavy atom. The Morgan fingerprint density at radius 1 is 0.459 bits per heavy atom. The van der Waals surface area contributed by atoms with Crippen molar-refractivity contribution in [3.8, 4) is 50.8 Å². The van der Waals surface area contributed by atoms with E-state index in [0.29, 0.717) is 11.3 Å². The SMILES string of the molecule is [C-]#[N+]c1c(-n2c3ccccc3c3ccc(-c4c(C)cc(C)cc4C)cc32)ccc(-c2cc(C)cc(C#N)c2)c1-n1c2ccccc2c2ccc(-c3c(C)cc(C)cc3C)cc21. The van der Waals surface area contributed by atoms with Crippen LogP contribution in [-0.2, 0) is 0 Å². The van der Waals surface area contributed by atoms with Gasteiger partial charge in [-0.25, -0.2) is 4.85 Å². The van der Waals surface area contributed by atoms with Crippen LogP contribution in [0.2, 0.25) is 0 Å². The van der Waals surface area contributed by atoms with Crippen LogP contribution in [0.5, 0.6) is 0 Å². The fourth-order valence-corrected chi connectivity index (χ4v) is 10.3. The summed E-state index contributed by atoms with van der Waals surface area (Å²) in [5.74, 6) is 0. The van der Waals surface area contributed by atoms with Gasteiger partial charge >= 0.3 is 0 Å². The van der Waals surface area contributed by atoms with E-state index in [4.69, 9.17) is 0 Å². The van der Waals surface area contributed by atoms with Gasteiger partial charge in [0.1, 0.15) is 0 Å². The maximum Gasteiger partial charge on any atom is 0.234 e. The van der Waals surface area contributed by atoms with Gasteiger partial charge in [0.15, 0.2) is 0 Å². The van der Waals surface area contributed by atoms with E-state index < -0.39 is 0 Å². The molecule has 8 aromatic carbocycles. The molecule has 4 heteroatoms. The molecule has 2 aromatic heterocycles. The van der Waals surface area contributed by atoms with Gasteiger partial charge in [-0.05, 0) is 152 Å². The second kappa shape index (κ2) is 14.3. The van der Waals surface area contributed by atoms with Crippen LogP contribution in [0.15, 0.2) is 140 Å². The van der Waals surface area contributed by atoms with Crippen LogP contribution < -0.4 is 0 Å². The normalized spacial score (nSPS) is 11.5. The summed E-state index contributed by atoms with van der Waals surface area (Å²) in [5.41, 5.74) is 21.7. The van der Waals surface area contributed by atoms with Gasteiger partial charge in [0.25, 0.3) is 0 Å². The van der Waals surface area contributed by atoms with E-state index in [2.05, 4.69) is 189 Å². The molecule has 2 heterocycles. The Labute approximate surface area is 357 Å². The molecule has 0 atom stereocenters. The summed E-state index contributed by atoms with van der Waals surface area (Å²) in [6.07, 6.45) is 0. The molecular formula is C57H44N4. The quantitative estimate of drug-likeness (QED) is 0.160. The zero-order valence-electron chi connectivity index (χ0n) is 35.6. The van der Waals surface area contributed by atoms with Crippen molar-refractivity contribution in [3.05, 3.63) is 195 Å². The molecule has 0 aliphatic rings. The van der Waals surface area contributed by atoms with Crippen molar-refractivity contribution < 1.29 is 0 Å². The molecule has 10 aromatic rings. The number of para-hydroxylation sites is 2.